The van der Waals surface area contributed by atoms with E-state index in [1.165, 1.54) is 0 Å². The van der Waals surface area contributed by atoms with Crippen LogP contribution in [-0.2, 0) is 9.53 Å². The summed E-state index contributed by atoms with van der Waals surface area (Å²) in [4.78, 5) is 25.3. The number of hydrogen-bond donors (Lipinski definition) is 2. The lowest BCUT2D eigenvalue weighted by molar-refractivity contribution is -0.130. The van der Waals surface area contributed by atoms with Gasteiger partial charge in [0.1, 0.15) is 6.04 Å². The van der Waals surface area contributed by atoms with Crippen molar-refractivity contribution in [3.05, 3.63) is 0 Å². The topological polar surface area (TPSA) is 70.7 Å². The average molecular weight is 241 g/mol. The first-order chi connectivity index (χ1) is 8.22. The number of ether oxygens (including phenoxy) is 1. The molecule has 1 saturated carbocycles. The Bertz CT molecular complexity index is 304. The average Bonchev–Trinajstić information content (AvgIpc) is 3.13. The minimum Gasteiger partial charge on any atom is -0.377 e. The first-order valence-corrected chi connectivity index (χ1v) is 6.15. The van der Waals surface area contributed by atoms with Gasteiger partial charge in [-0.15, -0.1) is 0 Å². The van der Waals surface area contributed by atoms with Gasteiger partial charge in [-0.2, -0.15) is 0 Å². The van der Waals surface area contributed by atoms with E-state index in [0.717, 1.165) is 12.8 Å². The predicted octanol–water partition coefficient (Wildman–Crippen LogP) is -0.305. The molecule has 2 rings (SSSR count). The van der Waals surface area contributed by atoms with Crippen LogP contribution >= 0.6 is 0 Å². The van der Waals surface area contributed by atoms with Crippen molar-refractivity contribution >= 4 is 11.9 Å². The molecule has 0 radical (unpaired) electrons. The maximum absolute atomic E-state index is 12.0. The first kappa shape index (κ1) is 12.2. The van der Waals surface area contributed by atoms with Crippen molar-refractivity contribution in [1.29, 1.82) is 0 Å². The summed E-state index contributed by atoms with van der Waals surface area (Å²) in [6.45, 7) is 3.67. The Hall–Kier alpha value is -1.30. The number of nitrogens with one attached hydrogen (secondary N) is 2. The largest absolute Gasteiger partial charge is 0.377 e. The van der Waals surface area contributed by atoms with Gasteiger partial charge in [0.15, 0.2) is 0 Å². The SMILES string of the molecule is CCNC(=O)N1CCOCC1C(=O)NC1CC1. The molecule has 1 saturated heterocycles. The van der Waals surface area contributed by atoms with Gasteiger partial charge in [0.25, 0.3) is 0 Å². The molecule has 1 heterocycles. The fraction of sp³-hybridized carbons (Fsp3) is 0.818. The van der Waals surface area contributed by atoms with Crippen LogP contribution in [0.2, 0.25) is 0 Å². The van der Waals surface area contributed by atoms with Gasteiger partial charge in [0.05, 0.1) is 13.2 Å². The third-order valence-corrected chi connectivity index (χ3v) is 2.94. The number of amides is 3. The molecule has 6 heteroatoms. The molecule has 0 bridgehead atoms. The zero-order valence-electron chi connectivity index (χ0n) is 10.1. The van der Waals surface area contributed by atoms with Crippen LogP contribution in [0.5, 0.6) is 0 Å². The highest BCUT2D eigenvalue weighted by atomic mass is 16.5. The highest BCUT2D eigenvalue weighted by Crippen LogP contribution is 2.19. The maximum Gasteiger partial charge on any atom is 0.318 e. The van der Waals surface area contributed by atoms with E-state index in [9.17, 15) is 9.59 Å². The Morgan fingerprint density at radius 1 is 1.41 bits per heavy atom. The van der Waals surface area contributed by atoms with Crippen LogP contribution in [0.3, 0.4) is 0 Å². The maximum atomic E-state index is 12.0. The number of carbonyl (C=O) groups excluding carboxylic acids is 2. The van der Waals surface area contributed by atoms with Crippen LogP contribution < -0.4 is 10.6 Å². The Morgan fingerprint density at radius 2 is 2.18 bits per heavy atom. The van der Waals surface area contributed by atoms with Crippen molar-refractivity contribution in [2.45, 2.75) is 31.8 Å². The lowest BCUT2D eigenvalue weighted by atomic mass is 10.2. The summed E-state index contributed by atoms with van der Waals surface area (Å²) in [5.74, 6) is -0.0987. The van der Waals surface area contributed by atoms with E-state index < -0.39 is 6.04 Å². The molecule has 6 nitrogen and oxygen atoms in total. The van der Waals surface area contributed by atoms with Crippen LogP contribution in [0, 0.1) is 0 Å². The molecule has 1 atom stereocenters. The van der Waals surface area contributed by atoms with E-state index in [1.54, 1.807) is 4.90 Å². The molecule has 96 valence electrons. The van der Waals surface area contributed by atoms with Crippen molar-refractivity contribution in [1.82, 2.24) is 15.5 Å². The lowest BCUT2D eigenvalue weighted by Crippen LogP contribution is -2.58. The molecule has 2 N–H and O–H groups in total. The molecular weight excluding hydrogens is 222 g/mol. The van der Waals surface area contributed by atoms with Gasteiger partial charge in [-0.1, -0.05) is 0 Å². The second kappa shape index (κ2) is 5.35. The molecule has 0 aromatic heterocycles. The quantitative estimate of drug-likeness (QED) is 0.712. The highest BCUT2D eigenvalue weighted by molar-refractivity contribution is 5.87. The normalized spacial score (nSPS) is 24.3. The van der Waals surface area contributed by atoms with Crippen LogP contribution in [0.4, 0.5) is 4.79 Å². The molecule has 1 unspecified atom stereocenters. The van der Waals surface area contributed by atoms with Crippen LogP contribution in [0.1, 0.15) is 19.8 Å². The van der Waals surface area contributed by atoms with Crippen LogP contribution in [0.15, 0.2) is 0 Å². The number of carbonyl (C=O) groups is 2. The summed E-state index contributed by atoms with van der Waals surface area (Å²) in [5.41, 5.74) is 0. The molecule has 1 aliphatic heterocycles. The summed E-state index contributed by atoms with van der Waals surface area (Å²) < 4.78 is 5.28. The van der Waals surface area contributed by atoms with E-state index in [0.29, 0.717) is 25.7 Å². The van der Waals surface area contributed by atoms with Crippen molar-refractivity contribution in [2.75, 3.05) is 26.3 Å². The second-order valence-electron chi connectivity index (χ2n) is 4.40. The van der Waals surface area contributed by atoms with Crippen molar-refractivity contribution in [2.24, 2.45) is 0 Å². The van der Waals surface area contributed by atoms with E-state index in [-0.39, 0.29) is 18.5 Å². The number of urea groups is 1. The molecule has 2 aliphatic rings. The van der Waals surface area contributed by atoms with Crippen LogP contribution in [0.25, 0.3) is 0 Å². The number of hydrogen-bond acceptors (Lipinski definition) is 3. The molecule has 0 spiro atoms. The van der Waals surface area contributed by atoms with E-state index in [2.05, 4.69) is 10.6 Å². The van der Waals surface area contributed by atoms with E-state index in [1.807, 2.05) is 6.92 Å². The number of morpholine rings is 1. The van der Waals surface area contributed by atoms with Crippen molar-refractivity contribution < 1.29 is 14.3 Å². The van der Waals surface area contributed by atoms with Gasteiger partial charge >= 0.3 is 6.03 Å². The minimum atomic E-state index is -0.490. The Balaban J connectivity index is 1.94. The Kier molecular flexibility index (Phi) is 3.83. The molecule has 1 aliphatic carbocycles. The van der Waals surface area contributed by atoms with Crippen molar-refractivity contribution in [3.8, 4) is 0 Å². The molecule has 0 aromatic carbocycles. The van der Waals surface area contributed by atoms with Gasteiger partial charge < -0.3 is 20.3 Å². The van der Waals surface area contributed by atoms with Gasteiger partial charge in [-0.3, -0.25) is 4.79 Å². The zero-order valence-corrected chi connectivity index (χ0v) is 10.1. The smallest absolute Gasteiger partial charge is 0.318 e. The molecule has 17 heavy (non-hydrogen) atoms. The predicted molar refractivity (Wildman–Crippen MR) is 61.6 cm³/mol. The Labute approximate surface area is 101 Å². The zero-order chi connectivity index (χ0) is 12.3. The summed E-state index contributed by atoms with van der Waals surface area (Å²) >= 11 is 0. The molecule has 0 aromatic rings. The van der Waals surface area contributed by atoms with Gasteiger partial charge in [-0.05, 0) is 19.8 Å². The van der Waals surface area contributed by atoms with Gasteiger partial charge in [0, 0.05) is 19.1 Å². The number of nitrogens with zero attached hydrogens (tertiary/aromatic N) is 1. The third kappa shape index (κ3) is 3.09. The fourth-order valence-electron chi connectivity index (χ4n) is 1.84. The fourth-order valence-corrected chi connectivity index (χ4v) is 1.84. The second-order valence-corrected chi connectivity index (χ2v) is 4.40. The summed E-state index contributed by atoms with van der Waals surface area (Å²) in [6.07, 6.45) is 2.08. The van der Waals surface area contributed by atoms with Gasteiger partial charge in [-0.25, -0.2) is 4.79 Å². The number of rotatable bonds is 3. The summed E-state index contributed by atoms with van der Waals surface area (Å²) in [7, 11) is 0. The molecular formula is C11H19N3O3. The van der Waals surface area contributed by atoms with Gasteiger partial charge in [0.2, 0.25) is 5.91 Å². The highest BCUT2D eigenvalue weighted by Gasteiger charge is 2.35. The van der Waals surface area contributed by atoms with E-state index in [4.69, 9.17) is 4.74 Å². The Morgan fingerprint density at radius 3 is 2.82 bits per heavy atom. The third-order valence-electron chi connectivity index (χ3n) is 2.94. The minimum absolute atomic E-state index is 0.0987. The van der Waals surface area contributed by atoms with Crippen LogP contribution in [-0.4, -0.2) is 55.2 Å². The summed E-state index contributed by atoms with van der Waals surface area (Å²) in [5, 5.41) is 5.63. The molecule has 3 amide bonds. The molecule has 2 fully saturated rings. The monoisotopic (exact) mass is 241 g/mol. The summed E-state index contributed by atoms with van der Waals surface area (Å²) in [6, 6.07) is -0.372. The first-order valence-electron chi connectivity index (χ1n) is 6.15. The van der Waals surface area contributed by atoms with E-state index >= 15 is 0 Å². The standard InChI is InChI=1S/C11H19N3O3/c1-2-12-11(16)14-5-6-17-7-9(14)10(15)13-8-3-4-8/h8-9H,2-7H2,1H3,(H,12,16)(H,13,15). The van der Waals surface area contributed by atoms with Crippen molar-refractivity contribution in [3.63, 3.8) is 0 Å². The lowest BCUT2D eigenvalue weighted by Gasteiger charge is -2.34.